The molecule has 0 heterocycles. The molecule has 0 fully saturated rings. The molecule has 0 aromatic rings. The van der Waals surface area contributed by atoms with Gasteiger partial charge in [-0.2, -0.15) is 13.2 Å². The topological polar surface area (TPSA) is 26.3 Å². The lowest BCUT2D eigenvalue weighted by Gasteiger charge is -1.94. The Bertz CT molecular complexity index is 275. The van der Waals surface area contributed by atoms with Crippen molar-refractivity contribution in [1.29, 1.82) is 0 Å². The number of carbonyl (C=O) groups is 1. The van der Waals surface area contributed by atoms with Crippen LogP contribution in [-0.4, -0.2) is 18.8 Å². The minimum absolute atomic E-state index is 0.0989. The maximum absolute atomic E-state index is 11.6. The molecule has 0 saturated heterocycles. The van der Waals surface area contributed by atoms with Crippen molar-refractivity contribution < 1.29 is 22.7 Å². The van der Waals surface area contributed by atoms with Crippen LogP contribution < -0.4 is 0 Å². The molecular weight excluding hydrogens is 209 g/mol. The van der Waals surface area contributed by atoms with E-state index in [0.717, 1.165) is 12.2 Å². The summed E-state index contributed by atoms with van der Waals surface area (Å²) < 4.78 is 39.3. The van der Waals surface area contributed by atoms with Crippen molar-refractivity contribution in [2.75, 3.05) is 6.61 Å². The lowest BCUT2D eigenvalue weighted by molar-refractivity contribution is -0.137. The lowest BCUT2D eigenvalue weighted by atomic mass is 10.4. The van der Waals surface area contributed by atoms with E-state index in [-0.39, 0.29) is 12.7 Å². The second kappa shape index (κ2) is 6.86. The van der Waals surface area contributed by atoms with Crippen LogP contribution in [0.1, 0.15) is 6.92 Å². The summed E-state index contributed by atoms with van der Waals surface area (Å²) in [6.07, 6.45) is 1.54. The summed E-state index contributed by atoms with van der Waals surface area (Å²) in [5.41, 5.74) is 0. The molecular formula is C10H11F3O2. The molecule has 2 nitrogen and oxygen atoms in total. The molecule has 15 heavy (non-hydrogen) atoms. The smallest absolute Gasteiger partial charge is 0.409 e. The number of rotatable bonds is 4. The van der Waals surface area contributed by atoms with Crippen molar-refractivity contribution in [2.24, 2.45) is 0 Å². The zero-order chi connectivity index (χ0) is 11.7. The first-order chi connectivity index (χ1) is 6.95. The Morgan fingerprint density at radius 3 is 2.33 bits per heavy atom. The predicted octanol–water partition coefficient (Wildman–Crippen LogP) is 2.78. The summed E-state index contributed by atoms with van der Waals surface area (Å²) in [6, 6.07) is 0. The van der Waals surface area contributed by atoms with Gasteiger partial charge in [0.05, 0.1) is 6.61 Å². The van der Waals surface area contributed by atoms with E-state index in [9.17, 15) is 18.0 Å². The molecule has 0 N–H and O–H groups in total. The van der Waals surface area contributed by atoms with Gasteiger partial charge in [-0.1, -0.05) is 24.3 Å². The first kappa shape index (κ1) is 13.5. The molecule has 0 aromatic carbocycles. The predicted molar refractivity (Wildman–Crippen MR) is 50.1 cm³/mol. The number of hydrogen-bond donors (Lipinski definition) is 0. The van der Waals surface area contributed by atoms with Crippen molar-refractivity contribution in [3.05, 3.63) is 36.5 Å². The maximum atomic E-state index is 11.6. The standard InChI is InChI=1S/C10H11F3O2/c1-2-15-9(14)7-5-3-4-6-8-10(11,12)13/h3-8H,2H2,1H3. The number of hydrogen-bond acceptors (Lipinski definition) is 2. The normalized spacial score (nSPS) is 13.1. The van der Waals surface area contributed by atoms with Gasteiger partial charge in [-0.05, 0) is 6.92 Å². The minimum atomic E-state index is -4.31. The van der Waals surface area contributed by atoms with Gasteiger partial charge in [-0.15, -0.1) is 0 Å². The minimum Gasteiger partial charge on any atom is -0.463 e. The number of allylic oxidation sites excluding steroid dienone is 5. The van der Waals surface area contributed by atoms with E-state index in [2.05, 4.69) is 4.74 Å². The largest absolute Gasteiger partial charge is 0.463 e. The number of halogens is 3. The molecule has 84 valence electrons. The Morgan fingerprint density at radius 1 is 1.20 bits per heavy atom. The molecule has 5 heteroatoms. The Labute approximate surface area is 85.7 Å². The van der Waals surface area contributed by atoms with Gasteiger partial charge in [0.1, 0.15) is 0 Å². The van der Waals surface area contributed by atoms with E-state index in [1.54, 1.807) is 6.92 Å². The molecule has 0 atom stereocenters. The second-order valence-electron chi connectivity index (χ2n) is 2.40. The van der Waals surface area contributed by atoms with Crippen LogP contribution in [0.15, 0.2) is 36.5 Å². The second-order valence-corrected chi connectivity index (χ2v) is 2.40. The van der Waals surface area contributed by atoms with Crippen LogP contribution in [0.25, 0.3) is 0 Å². The van der Waals surface area contributed by atoms with E-state index < -0.39 is 12.1 Å². The highest BCUT2D eigenvalue weighted by atomic mass is 19.4. The monoisotopic (exact) mass is 220 g/mol. The van der Waals surface area contributed by atoms with Gasteiger partial charge in [-0.25, -0.2) is 4.79 Å². The van der Waals surface area contributed by atoms with E-state index in [0.29, 0.717) is 0 Å². The molecule has 0 radical (unpaired) electrons. The van der Waals surface area contributed by atoms with E-state index in [4.69, 9.17) is 0 Å². The van der Waals surface area contributed by atoms with Gasteiger partial charge in [0.25, 0.3) is 0 Å². The Morgan fingerprint density at radius 2 is 1.80 bits per heavy atom. The summed E-state index contributed by atoms with van der Waals surface area (Å²) in [4.78, 5) is 10.7. The van der Waals surface area contributed by atoms with Crippen molar-refractivity contribution in [3.8, 4) is 0 Å². The third kappa shape index (κ3) is 10.4. The molecule has 0 amide bonds. The summed E-state index contributed by atoms with van der Waals surface area (Å²) in [5, 5.41) is 0. The third-order valence-electron chi connectivity index (χ3n) is 1.14. The third-order valence-corrected chi connectivity index (χ3v) is 1.14. The maximum Gasteiger partial charge on any atom is 0.409 e. The van der Waals surface area contributed by atoms with Crippen LogP contribution in [0, 0.1) is 0 Å². The fourth-order valence-corrected chi connectivity index (χ4v) is 0.617. The van der Waals surface area contributed by atoms with Gasteiger partial charge in [0.15, 0.2) is 0 Å². The lowest BCUT2D eigenvalue weighted by Crippen LogP contribution is -1.99. The van der Waals surface area contributed by atoms with Crippen LogP contribution in [0.4, 0.5) is 13.2 Å². The van der Waals surface area contributed by atoms with E-state index in [1.165, 1.54) is 18.2 Å². The van der Waals surface area contributed by atoms with Crippen LogP contribution in [0.5, 0.6) is 0 Å². The van der Waals surface area contributed by atoms with Gasteiger partial charge in [-0.3, -0.25) is 0 Å². The van der Waals surface area contributed by atoms with Gasteiger partial charge < -0.3 is 4.74 Å². The molecule has 0 unspecified atom stereocenters. The average Bonchev–Trinajstić information content (AvgIpc) is 2.09. The summed E-state index contributed by atoms with van der Waals surface area (Å²) in [5.74, 6) is -0.526. The van der Waals surface area contributed by atoms with Gasteiger partial charge >= 0.3 is 12.1 Å². The highest BCUT2D eigenvalue weighted by Gasteiger charge is 2.20. The van der Waals surface area contributed by atoms with Crippen molar-refractivity contribution >= 4 is 5.97 Å². The zero-order valence-electron chi connectivity index (χ0n) is 8.12. The SMILES string of the molecule is CCOC(=O)C=CC=CC=CC(F)(F)F. The Hall–Kier alpha value is -1.52. The molecule has 0 bridgehead atoms. The molecule has 0 aliphatic heterocycles. The van der Waals surface area contributed by atoms with Gasteiger partial charge in [0, 0.05) is 12.2 Å². The van der Waals surface area contributed by atoms with Crippen LogP contribution in [0.3, 0.4) is 0 Å². The molecule has 0 aromatic heterocycles. The average molecular weight is 220 g/mol. The Kier molecular flexibility index (Phi) is 6.17. The number of alkyl halides is 3. The number of ether oxygens (including phenoxy) is 1. The highest BCUT2D eigenvalue weighted by molar-refractivity contribution is 5.82. The van der Waals surface area contributed by atoms with E-state index in [1.807, 2.05) is 0 Å². The fraction of sp³-hybridized carbons (Fsp3) is 0.300. The summed E-state index contributed by atoms with van der Waals surface area (Å²) in [7, 11) is 0. The quantitative estimate of drug-likeness (QED) is 0.413. The molecule has 0 saturated carbocycles. The van der Waals surface area contributed by atoms with Crippen LogP contribution in [0.2, 0.25) is 0 Å². The molecule has 0 aliphatic carbocycles. The van der Waals surface area contributed by atoms with Gasteiger partial charge in [0.2, 0.25) is 0 Å². The first-order valence-corrected chi connectivity index (χ1v) is 4.21. The van der Waals surface area contributed by atoms with Crippen molar-refractivity contribution in [3.63, 3.8) is 0 Å². The first-order valence-electron chi connectivity index (χ1n) is 4.21. The van der Waals surface area contributed by atoms with Crippen LogP contribution >= 0.6 is 0 Å². The molecule has 0 aliphatic rings. The fourth-order valence-electron chi connectivity index (χ4n) is 0.617. The zero-order valence-corrected chi connectivity index (χ0v) is 8.12. The molecule has 0 spiro atoms. The van der Waals surface area contributed by atoms with Crippen LogP contribution in [-0.2, 0) is 9.53 Å². The number of esters is 1. The van der Waals surface area contributed by atoms with Crippen molar-refractivity contribution in [2.45, 2.75) is 13.1 Å². The van der Waals surface area contributed by atoms with E-state index >= 15 is 0 Å². The highest BCUT2D eigenvalue weighted by Crippen LogP contribution is 2.15. The van der Waals surface area contributed by atoms with Crippen molar-refractivity contribution in [1.82, 2.24) is 0 Å². The molecule has 0 rings (SSSR count). The number of carbonyl (C=O) groups excluding carboxylic acids is 1. The summed E-state index contributed by atoms with van der Waals surface area (Å²) in [6.45, 7) is 1.93. The Balaban J connectivity index is 3.90. The summed E-state index contributed by atoms with van der Waals surface area (Å²) >= 11 is 0.